The summed E-state index contributed by atoms with van der Waals surface area (Å²) in [5.41, 5.74) is 0. The molecule has 4 nitrogen and oxygen atoms in total. The van der Waals surface area contributed by atoms with Crippen molar-refractivity contribution < 1.29 is 9.90 Å². The highest BCUT2D eigenvalue weighted by atomic mass is 16.3. The maximum absolute atomic E-state index is 11.5. The van der Waals surface area contributed by atoms with Crippen LogP contribution in [0.5, 0.6) is 0 Å². The third-order valence-electron chi connectivity index (χ3n) is 2.87. The highest BCUT2D eigenvalue weighted by Crippen LogP contribution is 2.08. The van der Waals surface area contributed by atoms with Crippen LogP contribution in [0.2, 0.25) is 0 Å². The van der Waals surface area contributed by atoms with Gasteiger partial charge in [0.25, 0.3) is 0 Å². The lowest BCUT2D eigenvalue weighted by Crippen LogP contribution is -2.37. The summed E-state index contributed by atoms with van der Waals surface area (Å²) >= 11 is 0. The molecular weight excluding hydrogens is 192 g/mol. The topological polar surface area (TPSA) is 61.4 Å². The molecule has 0 bridgehead atoms. The van der Waals surface area contributed by atoms with Crippen LogP contribution < -0.4 is 10.6 Å². The second-order valence-corrected chi connectivity index (χ2v) is 4.61. The van der Waals surface area contributed by atoms with Crippen LogP contribution in [-0.2, 0) is 4.79 Å². The fraction of sp³-hybridized carbons (Fsp3) is 0.909. The smallest absolute Gasteiger partial charge is 0.221 e. The fourth-order valence-electron chi connectivity index (χ4n) is 1.68. The number of aliphatic hydroxyl groups excluding tert-OH is 1. The number of rotatable bonds is 5. The van der Waals surface area contributed by atoms with Crippen LogP contribution in [0.3, 0.4) is 0 Å². The summed E-state index contributed by atoms with van der Waals surface area (Å²) in [5.74, 6) is 0.226. The van der Waals surface area contributed by atoms with Crippen molar-refractivity contribution in [1.82, 2.24) is 10.6 Å². The molecule has 0 spiro atoms. The summed E-state index contributed by atoms with van der Waals surface area (Å²) < 4.78 is 0. The van der Waals surface area contributed by atoms with E-state index in [1.807, 2.05) is 13.8 Å². The normalized spacial score (nSPS) is 23.1. The van der Waals surface area contributed by atoms with Crippen LogP contribution in [0.15, 0.2) is 0 Å². The zero-order valence-corrected chi connectivity index (χ0v) is 9.62. The first-order valence-electron chi connectivity index (χ1n) is 5.77. The molecule has 0 aromatic carbocycles. The molecule has 1 saturated heterocycles. The molecule has 0 saturated carbocycles. The Labute approximate surface area is 91.4 Å². The number of nitrogens with one attached hydrogen (secondary N) is 2. The molecule has 1 aliphatic heterocycles. The molecule has 1 aliphatic rings. The average molecular weight is 214 g/mol. The SMILES string of the molecule is CC(C)C(O)CNC(=O)CC1CCCN1. The van der Waals surface area contributed by atoms with Gasteiger partial charge in [-0.15, -0.1) is 0 Å². The summed E-state index contributed by atoms with van der Waals surface area (Å²) in [7, 11) is 0. The lowest BCUT2D eigenvalue weighted by molar-refractivity contribution is -0.122. The Morgan fingerprint density at radius 3 is 2.87 bits per heavy atom. The number of amides is 1. The highest BCUT2D eigenvalue weighted by molar-refractivity contribution is 5.76. The minimum Gasteiger partial charge on any atom is -0.391 e. The molecule has 1 fully saturated rings. The minimum absolute atomic E-state index is 0.0362. The fourth-order valence-corrected chi connectivity index (χ4v) is 1.68. The number of hydrogen-bond acceptors (Lipinski definition) is 3. The van der Waals surface area contributed by atoms with Crippen molar-refractivity contribution in [3.63, 3.8) is 0 Å². The molecule has 0 aromatic heterocycles. The van der Waals surface area contributed by atoms with Gasteiger partial charge in [0.1, 0.15) is 0 Å². The Kier molecular flexibility index (Phi) is 5.05. The van der Waals surface area contributed by atoms with E-state index in [-0.39, 0.29) is 11.8 Å². The molecule has 1 heterocycles. The monoisotopic (exact) mass is 214 g/mol. The van der Waals surface area contributed by atoms with Crippen LogP contribution in [0.4, 0.5) is 0 Å². The molecule has 3 N–H and O–H groups in total. The van der Waals surface area contributed by atoms with Gasteiger partial charge in [0.05, 0.1) is 6.10 Å². The molecule has 2 atom stereocenters. The van der Waals surface area contributed by atoms with E-state index in [2.05, 4.69) is 10.6 Å². The van der Waals surface area contributed by atoms with Gasteiger partial charge in [-0.25, -0.2) is 0 Å². The van der Waals surface area contributed by atoms with E-state index in [1.54, 1.807) is 0 Å². The Hall–Kier alpha value is -0.610. The summed E-state index contributed by atoms with van der Waals surface area (Å²) in [6, 6.07) is 0.334. The number of carbonyl (C=O) groups excluding carboxylic acids is 1. The molecule has 15 heavy (non-hydrogen) atoms. The quantitative estimate of drug-likeness (QED) is 0.615. The van der Waals surface area contributed by atoms with Crippen LogP contribution in [0, 0.1) is 5.92 Å². The van der Waals surface area contributed by atoms with Gasteiger partial charge in [0.2, 0.25) is 5.91 Å². The van der Waals surface area contributed by atoms with Gasteiger partial charge in [-0.1, -0.05) is 13.8 Å². The van der Waals surface area contributed by atoms with E-state index < -0.39 is 6.10 Å². The maximum atomic E-state index is 11.5. The van der Waals surface area contributed by atoms with Gasteiger partial charge in [0, 0.05) is 19.0 Å². The predicted molar refractivity (Wildman–Crippen MR) is 59.5 cm³/mol. The maximum Gasteiger partial charge on any atom is 0.221 e. The van der Waals surface area contributed by atoms with Crippen molar-refractivity contribution in [2.45, 2.75) is 45.3 Å². The Morgan fingerprint density at radius 1 is 1.60 bits per heavy atom. The third-order valence-corrected chi connectivity index (χ3v) is 2.87. The predicted octanol–water partition coefficient (Wildman–Crippen LogP) is 0.262. The average Bonchev–Trinajstić information content (AvgIpc) is 2.66. The standard InChI is InChI=1S/C11H22N2O2/c1-8(2)10(14)7-13-11(15)6-9-4-3-5-12-9/h8-10,12,14H,3-7H2,1-2H3,(H,13,15). The molecule has 0 aliphatic carbocycles. The molecule has 2 unspecified atom stereocenters. The highest BCUT2D eigenvalue weighted by Gasteiger charge is 2.18. The van der Waals surface area contributed by atoms with Gasteiger partial charge in [-0.05, 0) is 25.3 Å². The Morgan fingerprint density at radius 2 is 2.33 bits per heavy atom. The van der Waals surface area contributed by atoms with E-state index in [9.17, 15) is 9.90 Å². The van der Waals surface area contributed by atoms with E-state index in [0.717, 1.165) is 19.4 Å². The third kappa shape index (κ3) is 4.62. The summed E-state index contributed by atoms with van der Waals surface area (Å²) in [6.45, 7) is 5.26. The van der Waals surface area contributed by atoms with Gasteiger partial charge in [-0.2, -0.15) is 0 Å². The molecule has 0 radical (unpaired) electrons. The van der Waals surface area contributed by atoms with E-state index in [0.29, 0.717) is 19.0 Å². The van der Waals surface area contributed by atoms with Gasteiger partial charge >= 0.3 is 0 Å². The summed E-state index contributed by atoms with van der Waals surface area (Å²) in [5, 5.41) is 15.5. The molecule has 1 amide bonds. The van der Waals surface area contributed by atoms with Crippen molar-refractivity contribution in [2.75, 3.05) is 13.1 Å². The first-order valence-corrected chi connectivity index (χ1v) is 5.77. The van der Waals surface area contributed by atoms with Crippen molar-refractivity contribution in [2.24, 2.45) is 5.92 Å². The number of aliphatic hydroxyl groups is 1. The second-order valence-electron chi connectivity index (χ2n) is 4.61. The van der Waals surface area contributed by atoms with E-state index in [1.165, 1.54) is 0 Å². The van der Waals surface area contributed by atoms with Gasteiger partial charge in [-0.3, -0.25) is 4.79 Å². The Balaban J connectivity index is 2.12. The van der Waals surface area contributed by atoms with Crippen LogP contribution >= 0.6 is 0 Å². The first kappa shape index (κ1) is 12.5. The largest absolute Gasteiger partial charge is 0.391 e. The molecule has 0 aromatic rings. The zero-order chi connectivity index (χ0) is 11.3. The van der Waals surface area contributed by atoms with Gasteiger partial charge in [0.15, 0.2) is 0 Å². The molecule has 1 rings (SSSR count). The lowest BCUT2D eigenvalue weighted by atomic mass is 10.1. The minimum atomic E-state index is -0.439. The van der Waals surface area contributed by atoms with Crippen molar-refractivity contribution in [3.05, 3.63) is 0 Å². The van der Waals surface area contributed by atoms with Gasteiger partial charge < -0.3 is 15.7 Å². The second kappa shape index (κ2) is 6.08. The molecule has 88 valence electrons. The number of hydrogen-bond donors (Lipinski definition) is 3. The van der Waals surface area contributed by atoms with Crippen molar-refractivity contribution in [1.29, 1.82) is 0 Å². The van der Waals surface area contributed by atoms with Crippen molar-refractivity contribution >= 4 is 5.91 Å². The van der Waals surface area contributed by atoms with E-state index >= 15 is 0 Å². The molecular formula is C11H22N2O2. The molecule has 4 heteroatoms. The Bertz CT molecular complexity index is 201. The first-order chi connectivity index (χ1) is 7.09. The van der Waals surface area contributed by atoms with Crippen molar-refractivity contribution in [3.8, 4) is 0 Å². The van der Waals surface area contributed by atoms with Crippen LogP contribution in [-0.4, -0.2) is 36.2 Å². The van der Waals surface area contributed by atoms with Crippen LogP contribution in [0.25, 0.3) is 0 Å². The zero-order valence-electron chi connectivity index (χ0n) is 9.62. The summed E-state index contributed by atoms with van der Waals surface area (Å²) in [4.78, 5) is 11.5. The lowest BCUT2D eigenvalue weighted by Gasteiger charge is -2.16. The summed E-state index contributed by atoms with van der Waals surface area (Å²) in [6.07, 6.45) is 2.34. The van der Waals surface area contributed by atoms with Crippen LogP contribution in [0.1, 0.15) is 33.1 Å². The number of carbonyl (C=O) groups is 1. The van der Waals surface area contributed by atoms with E-state index in [4.69, 9.17) is 0 Å².